The zero-order chi connectivity index (χ0) is 23.1. The van der Waals surface area contributed by atoms with Crippen LogP contribution in [0.3, 0.4) is 0 Å². The first kappa shape index (κ1) is 21.0. The highest BCUT2D eigenvalue weighted by Gasteiger charge is 2.36. The van der Waals surface area contributed by atoms with E-state index in [1.807, 2.05) is 35.9 Å². The van der Waals surface area contributed by atoms with Crippen LogP contribution in [0.5, 0.6) is 5.75 Å². The summed E-state index contributed by atoms with van der Waals surface area (Å²) in [6, 6.07) is 4.24. The lowest BCUT2D eigenvalue weighted by molar-refractivity contribution is -0.124. The largest absolute Gasteiger partial charge is 0.495 e. The van der Waals surface area contributed by atoms with Gasteiger partial charge in [0.25, 0.3) is 0 Å². The van der Waals surface area contributed by atoms with Crippen LogP contribution in [-0.2, 0) is 4.79 Å². The van der Waals surface area contributed by atoms with Gasteiger partial charge in [-0.2, -0.15) is 0 Å². The molecule has 170 valence electrons. The lowest BCUT2D eigenvalue weighted by Gasteiger charge is -2.24. The van der Waals surface area contributed by atoms with Gasteiger partial charge in [0, 0.05) is 23.8 Å². The van der Waals surface area contributed by atoms with E-state index in [0.717, 1.165) is 23.0 Å². The lowest BCUT2D eigenvalue weighted by Crippen LogP contribution is -2.40. The van der Waals surface area contributed by atoms with Crippen molar-refractivity contribution < 1.29 is 18.3 Å². The highest BCUT2D eigenvalue weighted by atomic mass is 19.1. The number of imidazole rings is 1. The van der Waals surface area contributed by atoms with Gasteiger partial charge < -0.3 is 14.6 Å². The smallest absolute Gasteiger partial charge is 0.245 e. The third kappa shape index (κ3) is 3.92. The van der Waals surface area contributed by atoms with Crippen LogP contribution in [0, 0.1) is 12.8 Å². The van der Waals surface area contributed by atoms with E-state index in [4.69, 9.17) is 4.74 Å². The molecule has 0 saturated carbocycles. The average molecular weight is 452 g/mol. The van der Waals surface area contributed by atoms with Crippen LogP contribution < -0.4 is 10.1 Å². The highest BCUT2D eigenvalue weighted by Crippen LogP contribution is 2.35. The van der Waals surface area contributed by atoms with Gasteiger partial charge in [0.1, 0.15) is 29.1 Å². The highest BCUT2D eigenvalue weighted by molar-refractivity contribution is 5.81. The number of aromatic nitrogens is 5. The predicted octanol–water partition coefficient (Wildman–Crippen LogP) is 3.60. The number of ether oxygens (including phenoxy) is 1. The molecule has 0 bridgehead atoms. The summed E-state index contributed by atoms with van der Waals surface area (Å²) in [7, 11) is 1.59. The Morgan fingerprint density at radius 1 is 1.21 bits per heavy atom. The Kier molecular flexibility index (Phi) is 5.27. The van der Waals surface area contributed by atoms with E-state index in [1.54, 1.807) is 19.6 Å². The number of amides is 1. The minimum Gasteiger partial charge on any atom is -0.495 e. The van der Waals surface area contributed by atoms with Crippen LogP contribution >= 0.6 is 0 Å². The van der Waals surface area contributed by atoms with Crippen LogP contribution in [0.4, 0.5) is 8.78 Å². The summed E-state index contributed by atoms with van der Waals surface area (Å²) in [6.07, 6.45) is 8.15. The van der Waals surface area contributed by atoms with Gasteiger partial charge in [-0.25, -0.2) is 18.4 Å². The van der Waals surface area contributed by atoms with Crippen LogP contribution in [-0.4, -0.2) is 43.6 Å². The Labute approximate surface area is 188 Å². The maximum absolute atomic E-state index is 14.2. The molecule has 1 N–H and O–H groups in total. The summed E-state index contributed by atoms with van der Waals surface area (Å²) in [5.74, 6) is -1.53. The molecule has 3 atom stereocenters. The molecular formula is C23H22F2N6O2. The Morgan fingerprint density at radius 3 is 2.82 bits per heavy atom. The Morgan fingerprint density at radius 2 is 2.06 bits per heavy atom. The summed E-state index contributed by atoms with van der Waals surface area (Å²) in [5.41, 5.74) is 3.04. The standard InChI is InChI=1S/C23H22F2N6O2/c1-13-10-30(12-26-13)20-5-3-14(7-22(20)33-2)19-11-31(29-28-19)21-6-4-16-17(25)8-15(24)9-18(16)27-23(21)32/h3,5,7-12,16,18,21H,4,6H2,1-2H3,(H,27,32). The van der Waals surface area contributed by atoms with E-state index in [9.17, 15) is 13.6 Å². The fraction of sp³-hybridized carbons (Fsp3) is 0.304. The number of carbonyl (C=O) groups excluding carboxylic acids is 1. The number of rotatable bonds is 4. The molecule has 10 heteroatoms. The van der Waals surface area contributed by atoms with E-state index in [1.165, 1.54) is 10.8 Å². The van der Waals surface area contributed by atoms with Crippen molar-refractivity contribution in [1.29, 1.82) is 0 Å². The van der Waals surface area contributed by atoms with E-state index in [2.05, 4.69) is 20.6 Å². The SMILES string of the molecule is COc1cc(-c2cn(C3CCC4C(F)=CC(F)=CC4NC3=O)nn2)ccc1-n1cnc(C)c1. The number of fused-ring (bicyclic) bond motifs is 1. The molecule has 0 radical (unpaired) electrons. The van der Waals surface area contributed by atoms with Crippen molar-refractivity contribution in [3.63, 3.8) is 0 Å². The molecule has 1 fully saturated rings. The van der Waals surface area contributed by atoms with Crippen LogP contribution in [0.1, 0.15) is 24.6 Å². The molecule has 1 aliphatic heterocycles. The van der Waals surface area contributed by atoms with Gasteiger partial charge in [0.15, 0.2) is 0 Å². The first-order chi connectivity index (χ1) is 15.9. The van der Waals surface area contributed by atoms with Crippen molar-refractivity contribution in [2.45, 2.75) is 31.8 Å². The van der Waals surface area contributed by atoms with Gasteiger partial charge in [-0.15, -0.1) is 5.10 Å². The topological polar surface area (TPSA) is 86.9 Å². The molecule has 2 aliphatic rings. The molecule has 33 heavy (non-hydrogen) atoms. The van der Waals surface area contributed by atoms with Gasteiger partial charge in [0.05, 0.1) is 37.1 Å². The second-order valence-corrected chi connectivity index (χ2v) is 8.21. The third-order valence-corrected chi connectivity index (χ3v) is 6.06. The second-order valence-electron chi connectivity index (χ2n) is 8.21. The number of carbonyl (C=O) groups is 1. The quantitative estimate of drug-likeness (QED) is 0.654. The van der Waals surface area contributed by atoms with E-state index < -0.39 is 29.7 Å². The van der Waals surface area contributed by atoms with Gasteiger partial charge in [0.2, 0.25) is 5.91 Å². The first-order valence-corrected chi connectivity index (χ1v) is 10.6. The van der Waals surface area contributed by atoms with Crippen LogP contribution in [0.15, 0.2) is 60.7 Å². The molecule has 3 heterocycles. The number of benzene rings is 1. The van der Waals surface area contributed by atoms with Crippen molar-refractivity contribution in [1.82, 2.24) is 29.9 Å². The van der Waals surface area contributed by atoms with Gasteiger partial charge >= 0.3 is 0 Å². The zero-order valence-electron chi connectivity index (χ0n) is 18.1. The van der Waals surface area contributed by atoms with Crippen molar-refractivity contribution in [2.75, 3.05) is 7.11 Å². The minimum atomic E-state index is -0.709. The number of nitrogens with zero attached hydrogens (tertiary/aromatic N) is 5. The van der Waals surface area contributed by atoms with E-state index >= 15 is 0 Å². The number of methoxy groups -OCH3 is 1. The molecule has 1 aromatic carbocycles. The Bertz CT molecular complexity index is 1280. The summed E-state index contributed by atoms with van der Waals surface area (Å²) < 4.78 is 36.8. The number of hydrogen-bond acceptors (Lipinski definition) is 5. The van der Waals surface area contributed by atoms with E-state index in [0.29, 0.717) is 24.3 Å². The van der Waals surface area contributed by atoms with Crippen molar-refractivity contribution >= 4 is 5.91 Å². The molecular weight excluding hydrogens is 430 g/mol. The van der Waals surface area contributed by atoms with Crippen molar-refractivity contribution in [2.24, 2.45) is 5.92 Å². The molecule has 1 amide bonds. The van der Waals surface area contributed by atoms with Crippen LogP contribution in [0.25, 0.3) is 16.9 Å². The number of halogens is 2. The molecule has 2 aromatic heterocycles. The van der Waals surface area contributed by atoms with Gasteiger partial charge in [-0.3, -0.25) is 4.79 Å². The summed E-state index contributed by atoms with van der Waals surface area (Å²) in [5, 5.41) is 11.1. The molecule has 8 nitrogen and oxygen atoms in total. The number of nitrogens with one attached hydrogen (secondary N) is 1. The maximum atomic E-state index is 14.2. The molecule has 0 spiro atoms. The third-order valence-electron chi connectivity index (χ3n) is 6.06. The minimum absolute atomic E-state index is 0.346. The normalized spacial score (nSPS) is 22.7. The van der Waals surface area contributed by atoms with Crippen molar-refractivity contribution in [3.8, 4) is 22.7 Å². The molecule has 1 aliphatic carbocycles. The average Bonchev–Trinajstić information content (AvgIpc) is 3.40. The maximum Gasteiger partial charge on any atom is 0.245 e. The predicted molar refractivity (Wildman–Crippen MR) is 116 cm³/mol. The second kappa shape index (κ2) is 8.27. The Hall–Kier alpha value is -3.82. The number of aryl methyl sites for hydroxylation is 1. The monoisotopic (exact) mass is 452 g/mol. The van der Waals surface area contributed by atoms with Crippen molar-refractivity contribution in [3.05, 3.63) is 66.4 Å². The zero-order valence-corrected chi connectivity index (χ0v) is 18.1. The molecule has 5 rings (SSSR count). The summed E-state index contributed by atoms with van der Waals surface area (Å²) in [6.45, 7) is 1.91. The number of allylic oxidation sites excluding steroid dienone is 2. The summed E-state index contributed by atoms with van der Waals surface area (Å²) >= 11 is 0. The molecule has 3 aromatic rings. The fourth-order valence-electron chi connectivity index (χ4n) is 4.35. The lowest BCUT2D eigenvalue weighted by atomic mass is 9.90. The van der Waals surface area contributed by atoms with Gasteiger partial charge in [-0.05, 0) is 38.0 Å². The Balaban J connectivity index is 1.40. The van der Waals surface area contributed by atoms with E-state index in [-0.39, 0.29) is 5.91 Å². The van der Waals surface area contributed by atoms with Crippen LogP contribution in [0.2, 0.25) is 0 Å². The summed E-state index contributed by atoms with van der Waals surface area (Å²) in [4.78, 5) is 17.1. The van der Waals surface area contributed by atoms with Gasteiger partial charge in [-0.1, -0.05) is 11.3 Å². The fourth-order valence-corrected chi connectivity index (χ4v) is 4.35. The molecule has 3 unspecified atom stereocenters. The number of hydrogen-bond donors (Lipinski definition) is 1. The first-order valence-electron chi connectivity index (χ1n) is 10.6. The molecule has 1 saturated heterocycles.